The first kappa shape index (κ1) is 23.8. The number of ether oxygens (including phenoxy) is 1. The van der Waals surface area contributed by atoms with Gasteiger partial charge in [-0.1, -0.05) is 12.2 Å². The highest BCUT2D eigenvalue weighted by atomic mass is 16.5. The summed E-state index contributed by atoms with van der Waals surface area (Å²) in [5.41, 5.74) is 0.972. The van der Waals surface area contributed by atoms with Crippen LogP contribution in [0.2, 0.25) is 0 Å². The average molecular weight is 334 g/mol. The molecule has 0 amide bonds. The Balaban J connectivity index is 0. The van der Waals surface area contributed by atoms with Crippen molar-refractivity contribution in [2.75, 3.05) is 54.9 Å². The van der Waals surface area contributed by atoms with E-state index in [2.05, 4.69) is 6.58 Å². The number of hydrogen-bond acceptors (Lipinski definition) is 3. The second-order valence-electron chi connectivity index (χ2n) is 7.36. The molecule has 0 aliphatic heterocycles. The molecule has 1 atom stereocenters. The topological polar surface area (TPSA) is 83.8 Å². The Morgan fingerprint density at radius 3 is 1.83 bits per heavy atom. The SMILES string of the molecule is C=C(C)COC(C)[N+](C)(C)CCC(=O)O.C[N+](C)(C)CC(=O)O. The van der Waals surface area contributed by atoms with Crippen LogP contribution in [0.5, 0.6) is 0 Å². The highest BCUT2D eigenvalue weighted by molar-refractivity contribution is 5.67. The minimum Gasteiger partial charge on any atom is -0.481 e. The largest absolute Gasteiger partial charge is 0.481 e. The van der Waals surface area contributed by atoms with Gasteiger partial charge in [0.1, 0.15) is 0 Å². The lowest BCUT2D eigenvalue weighted by Gasteiger charge is -2.35. The normalized spacial score (nSPS) is 12.8. The van der Waals surface area contributed by atoms with Crippen molar-refractivity contribution in [3.63, 3.8) is 0 Å². The van der Waals surface area contributed by atoms with Crippen LogP contribution < -0.4 is 0 Å². The third-order valence-corrected chi connectivity index (χ3v) is 3.07. The molecule has 23 heavy (non-hydrogen) atoms. The Labute approximate surface area is 139 Å². The van der Waals surface area contributed by atoms with Gasteiger partial charge < -0.3 is 23.9 Å². The summed E-state index contributed by atoms with van der Waals surface area (Å²) in [5, 5.41) is 16.8. The van der Waals surface area contributed by atoms with Crippen LogP contribution in [0.15, 0.2) is 12.2 Å². The summed E-state index contributed by atoms with van der Waals surface area (Å²) >= 11 is 0. The monoisotopic (exact) mass is 334 g/mol. The van der Waals surface area contributed by atoms with Gasteiger partial charge in [0.25, 0.3) is 0 Å². The first-order chi connectivity index (χ1) is 10.2. The van der Waals surface area contributed by atoms with E-state index in [1.807, 2.05) is 49.1 Å². The summed E-state index contributed by atoms with van der Waals surface area (Å²) in [6.07, 6.45) is 0.134. The van der Waals surface area contributed by atoms with E-state index < -0.39 is 11.9 Å². The van der Waals surface area contributed by atoms with Crippen molar-refractivity contribution in [1.29, 1.82) is 0 Å². The van der Waals surface area contributed by atoms with Gasteiger partial charge in [0.2, 0.25) is 0 Å². The number of carbonyl (C=O) groups is 2. The molecule has 0 bridgehead atoms. The number of likely N-dealkylation sites (N-methyl/N-ethyl adjacent to an activating group) is 1. The molecule has 0 aliphatic rings. The zero-order valence-electron chi connectivity index (χ0n) is 15.6. The van der Waals surface area contributed by atoms with E-state index in [9.17, 15) is 9.59 Å². The first-order valence-corrected chi connectivity index (χ1v) is 7.50. The van der Waals surface area contributed by atoms with Crippen molar-refractivity contribution in [2.24, 2.45) is 0 Å². The molecule has 0 heterocycles. The molecule has 0 aromatic heterocycles. The Morgan fingerprint density at radius 1 is 1.09 bits per heavy atom. The Hall–Kier alpha value is -1.44. The third kappa shape index (κ3) is 16.8. The molecule has 1 unspecified atom stereocenters. The lowest BCUT2D eigenvalue weighted by Crippen LogP contribution is -2.49. The van der Waals surface area contributed by atoms with Crippen LogP contribution in [0.1, 0.15) is 20.3 Å². The maximum absolute atomic E-state index is 10.5. The molecule has 0 saturated heterocycles. The molecule has 0 aliphatic carbocycles. The fraction of sp³-hybridized carbons (Fsp3) is 0.750. The van der Waals surface area contributed by atoms with E-state index in [0.717, 1.165) is 5.57 Å². The molecule has 0 rings (SSSR count). The van der Waals surface area contributed by atoms with Gasteiger partial charge in [-0.3, -0.25) is 4.79 Å². The molecular formula is C16H34N2O5+2. The number of hydrogen-bond donors (Lipinski definition) is 2. The molecule has 0 aromatic rings. The summed E-state index contributed by atoms with van der Waals surface area (Å²) in [7, 11) is 9.45. The maximum atomic E-state index is 10.5. The van der Waals surface area contributed by atoms with Gasteiger partial charge in [0.05, 0.1) is 54.8 Å². The molecule has 7 heteroatoms. The summed E-state index contributed by atoms with van der Waals surface area (Å²) in [5.74, 6) is -1.52. The summed E-state index contributed by atoms with van der Waals surface area (Å²) in [6, 6.07) is 0. The van der Waals surface area contributed by atoms with Gasteiger partial charge in [-0.15, -0.1) is 0 Å². The van der Waals surface area contributed by atoms with Crippen molar-refractivity contribution >= 4 is 11.9 Å². The highest BCUT2D eigenvalue weighted by Crippen LogP contribution is 2.10. The fourth-order valence-electron chi connectivity index (χ4n) is 1.44. The van der Waals surface area contributed by atoms with E-state index in [-0.39, 0.29) is 19.2 Å². The smallest absolute Gasteiger partial charge is 0.359 e. The van der Waals surface area contributed by atoms with E-state index in [0.29, 0.717) is 22.1 Å². The van der Waals surface area contributed by atoms with Gasteiger partial charge >= 0.3 is 11.9 Å². The molecule has 0 aromatic carbocycles. The molecule has 0 spiro atoms. The zero-order valence-corrected chi connectivity index (χ0v) is 15.6. The second-order valence-corrected chi connectivity index (χ2v) is 7.36. The van der Waals surface area contributed by atoms with Crippen LogP contribution in [-0.4, -0.2) is 92.3 Å². The molecule has 136 valence electrons. The number of quaternary nitrogens is 2. The van der Waals surface area contributed by atoms with Crippen LogP contribution >= 0.6 is 0 Å². The van der Waals surface area contributed by atoms with Crippen LogP contribution in [0.4, 0.5) is 0 Å². The van der Waals surface area contributed by atoms with Crippen LogP contribution in [0.25, 0.3) is 0 Å². The molecule has 0 saturated carbocycles. The molecule has 0 fully saturated rings. The van der Waals surface area contributed by atoms with Gasteiger partial charge in [-0.05, 0) is 6.92 Å². The predicted molar refractivity (Wildman–Crippen MR) is 90.0 cm³/mol. The van der Waals surface area contributed by atoms with E-state index in [4.69, 9.17) is 14.9 Å². The van der Waals surface area contributed by atoms with Crippen LogP contribution in [0, 0.1) is 0 Å². The lowest BCUT2D eigenvalue weighted by atomic mass is 10.3. The van der Waals surface area contributed by atoms with Crippen molar-refractivity contribution in [1.82, 2.24) is 0 Å². The van der Waals surface area contributed by atoms with Crippen molar-refractivity contribution in [2.45, 2.75) is 26.5 Å². The van der Waals surface area contributed by atoms with Crippen molar-refractivity contribution in [3.8, 4) is 0 Å². The Bertz CT molecular complexity index is 400. The van der Waals surface area contributed by atoms with Crippen molar-refractivity contribution < 1.29 is 33.5 Å². The van der Waals surface area contributed by atoms with Gasteiger partial charge in [-0.25, -0.2) is 4.79 Å². The summed E-state index contributed by atoms with van der Waals surface area (Å²) in [4.78, 5) is 20.5. The van der Waals surface area contributed by atoms with Crippen LogP contribution in [-0.2, 0) is 14.3 Å². The minimum absolute atomic E-state index is 0.0268. The molecule has 7 nitrogen and oxygen atoms in total. The van der Waals surface area contributed by atoms with E-state index in [1.165, 1.54) is 0 Å². The van der Waals surface area contributed by atoms with Gasteiger partial charge in [0, 0.05) is 6.92 Å². The van der Waals surface area contributed by atoms with Gasteiger partial charge in [-0.2, -0.15) is 0 Å². The number of carboxylic acids is 2. The number of carboxylic acid groups (broad SMARTS) is 2. The lowest BCUT2D eigenvalue weighted by molar-refractivity contribution is -0.934. The zero-order chi connectivity index (χ0) is 18.8. The third-order valence-electron chi connectivity index (χ3n) is 3.07. The number of nitrogens with zero attached hydrogens (tertiary/aromatic N) is 2. The number of aliphatic carboxylic acids is 2. The van der Waals surface area contributed by atoms with Crippen LogP contribution in [0.3, 0.4) is 0 Å². The first-order valence-electron chi connectivity index (χ1n) is 7.50. The van der Waals surface area contributed by atoms with Gasteiger partial charge in [0.15, 0.2) is 12.8 Å². The molecule has 0 radical (unpaired) electrons. The fourth-order valence-corrected chi connectivity index (χ4v) is 1.44. The Kier molecular flexibility index (Phi) is 10.7. The summed E-state index contributed by atoms with van der Waals surface area (Å²) < 4.78 is 6.60. The second kappa shape index (κ2) is 10.4. The highest BCUT2D eigenvalue weighted by Gasteiger charge is 2.25. The van der Waals surface area contributed by atoms with E-state index in [1.54, 1.807) is 0 Å². The molecular weight excluding hydrogens is 300 g/mol. The molecule has 2 N–H and O–H groups in total. The quantitative estimate of drug-likeness (QED) is 0.377. The predicted octanol–water partition coefficient (Wildman–Crippen LogP) is 1.25. The van der Waals surface area contributed by atoms with Crippen molar-refractivity contribution in [3.05, 3.63) is 12.2 Å². The Morgan fingerprint density at radius 2 is 1.57 bits per heavy atom. The maximum Gasteiger partial charge on any atom is 0.359 e. The summed E-state index contributed by atoms with van der Waals surface area (Å²) in [6.45, 7) is 8.88. The minimum atomic E-state index is -0.770. The number of rotatable bonds is 9. The average Bonchev–Trinajstić information content (AvgIpc) is 2.31. The van der Waals surface area contributed by atoms with E-state index >= 15 is 0 Å². The standard InChI is InChI=1S/C11H21NO3.C5H11NO2/c1-9(2)8-15-10(3)12(4,5)7-6-11(13)14;1-6(2,3)4-5(7)8/h10H,1,6-8H2,2-5H3;4H2,1-3H3/p+2.